The summed E-state index contributed by atoms with van der Waals surface area (Å²) in [5.41, 5.74) is 6.84. The Bertz CT molecular complexity index is 509. The molecular formula is C14H17F2N3. The van der Waals surface area contributed by atoms with Crippen molar-refractivity contribution in [1.29, 1.82) is 0 Å². The van der Waals surface area contributed by atoms with E-state index >= 15 is 0 Å². The summed E-state index contributed by atoms with van der Waals surface area (Å²) in [7, 11) is 0. The molecule has 0 aromatic carbocycles. The number of anilines is 1. The fourth-order valence-electron chi connectivity index (χ4n) is 1.51. The van der Waals surface area contributed by atoms with E-state index in [1.165, 1.54) is 17.2 Å². The molecule has 0 aliphatic rings. The van der Waals surface area contributed by atoms with Gasteiger partial charge in [-0.15, -0.1) is 0 Å². The standard InChI is InChI=1S/C14H17F2N3/c1-4-10(3)19(9-11(5-2)7-17)14-13(16)6-12(15)8-18-14/h4,6-8H,1,3,5,9,17H2,2H3/b11-7+. The topological polar surface area (TPSA) is 42.1 Å². The maximum atomic E-state index is 13.8. The molecule has 0 radical (unpaired) electrons. The molecule has 0 bridgehead atoms. The number of hydrogen-bond donors (Lipinski definition) is 1. The van der Waals surface area contributed by atoms with Crippen LogP contribution in [-0.2, 0) is 0 Å². The third kappa shape index (κ3) is 3.64. The summed E-state index contributed by atoms with van der Waals surface area (Å²) in [6.45, 7) is 9.63. The van der Waals surface area contributed by atoms with Gasteiger partial charge in [-0.2, -0.15) is 0 Å². The minimum atomic E-state index is -0.754. The highest BCUT2D eigenvalue weighted by Crippen LogP contribution is 2.22. The van der Waals surface area contributed by atoms with Crippen LogP contribution >= 0.6 is 0 Å². The second kappa shape index (κ2) is 6.68. The van der Waals surface area contributed by atoms with Crippen LogP contribution in [0.25, 0.3) is 0 Å². The highest BCUT2D eigenvalue weighted by molar-refractivity contribution is 5.50. The molecule has 2 N–H and O–H groups in total. The predicted molar refractivity (Wildman–Crippen MR) is 73.4 cm³/mol. The van der Waals surface area contributed by atoms with E-state index in [2.05, 4.69) is 18.1 Å². The van der Waals surface area contributed by atoms with Crippen LogP contribution in [0, 0.1) is 11.6 Å². The molecule has 1 aromatic heterocycles. The fraction of sp³-hybridized carbons (Fsp3) is 0.214. The molecule has 1 rings (SSSR count). The van der Waals surface area contributed by atoms with E-state index in [4.69, 9.17) is 5.73 Å². The molecule has 0 spiro atoms. The zero-order valence-electron chi connectivity index (χ0n) is 10.9. The molecule has 0 atom stereocenters. The minimum absolute atomic E-state index is 0.000833. The highest BCUT2D eigenvalue weighted by atomic mass is 19.1. The first kappa shape index (κ1) is 14.9. The Hall–Kier alpha value is -2.17. The number of halogens is 2. The lowest BCUT2D eigenvalue weighted by atomic mass is 10.2. The van der Waals surface area contributed by atoms with E-state index in [0.717, 1.165) is 17.8 Å². The van der Waals surface area contributed by atoms with E-state index in [-0.39, 0.29) is 5.82 Å². The Kier molecular flexibility index (Phi) is 5.23. The van der Waals surface area contributed by atoms with Gasteiger partial charge in [-0.05, 0) is 24.3 Å². The number of aromatic nitrogens is 1. The van der Waals surface area contributed by atoms with Gasteiger partial charge in [0.2, 0.25) is 0 Å². The fourth-order valence-corrected chi connectivity index (χ4v) is 1.51. The van der Waals surface area contributed by atoms with Crippen molar-refractivity contribution in [3.05, 3.63) is 60.6 Å². The van der Waals surface area contributed by atoms with Gasteiger partial charge >= 0.3 is 0 Å². The number of allylic oxidation sites excluding steroid dienone is 1. The Labute approximate surface area is 111 Å². The molecule has 0 aliphatic carbocycles. The molecule has 0 saturated heterocycles. The first-order chi connectivity index (χ1) is 9.03. The SMILES string of the molecule is C=CC(=C)N(C/C(=C/N)CC)c1ncc(F)cc1F. The highest BCUT2D eigenvalue weighted by Gasteiger charge is 2.16. The predicted octanol–water partition coefficient (Wildman–Crippen LogP) is 3.12. The molecule has 3 nitrogen and oxygen atoms in total. The largest absolute Gasteiger partial charge is 0.405 e. The molecular weight excluding hydrogens is 248 g/mol. The number of pyridine rings is 1. The van der Waals surface area contributed by atoms with Crippen molar-refractivity contribution < 1.29 is 8.78 Å². The van der Waals surface area contributed by atoms with Crippen LogP contribution < -0.4 is 10.6 Å². The maximum absolute atomic E-state index is 13.8. The molecule has 0 amide bonds. The summed E-state index contributed by atoms with van der Waals surface area (Å²) in [5.74, 6) is -1.48. The van der Waals surface area contributed by atoms with Gasteiger partial charge in [-0.25, -0.2) is 13.8 Å². The molecule has 102 valence electrons. The Morgan fingerprint density at radius 1 is 1.53 bits per heavy atom. The van der Waals surface area contributed by atoms with Crippen molar-refractivity contribution in [1.82, 2.24) is 4.98 Å². The van der Waals surface area contributed by atoms with Gasteiger partial charge in [0, 0.05) is 18.3 Å². The van der Waals surface area contributed by atoms with Gasteiger partial charge in [0.05, 0.1) is 6.20 Å². The molecule has 5 heteroatoms. The zero-order chi connectivity index (χ0) is 14.4. The quantitative estimate of drug-likeness (QED) is 0.803. The van der Waals surface area contributed by atoms with Gasteiger partial charge in [-0.3, -0.25) is 0 Å². The monoisotopic (exact) mass is 265 g/mol. The lowest BCUT2D eigenvalue weighted by molar-refractivity contribution is 0.571. The van der Waals surface area contributed by atoms with Crippen LogP contribution in [0.4, 0.5) is 14.6 Å². The minimum Gasteiger partial charge on any atom is -0.405 e. The van der Waals surface area contributed by atoms with Crippen LogP contribution in [0.2, 0.25) is 0 Å². The summed E-state index contributed by atoms with van der Waals surface area (Å²) in [6.07, 6.45) is 4.61. The van der Waals surface area contributed by atoms with E-state index in [9.17, 15) is 8.78 Å². The third-order valence-electron chi connectivity index (χ3n) is 2.68. The molecule has 1 aromatic rings. The summed E-state index contributed by atoms with van der Waals surface area (Å²) in [6, 6.07) is 0.781. The lowest BCUT2D eigenvalue weighted by Crippen LogP contribution is -2.26. The van der Waals surface area contributed by atoms with Crippen molar-refractivity contribution in [2.75, 3.05) is 11.4 Å². The molecule has 0 aliphatic heterocycles. The van der Waals surface area contributed by atoms with Crippen molar-refractivity contribution in [3.8, 4) is 0 Å². The average molecular weight is 265 g/mol. The van der Waals surface area contributed by atoms with Crippen LogP contribution in [0.3, 0.4) is 0 Å². The average Bonchev–Trinajstić information content (AvgIpc) is 2.40. The van der Waals surface area contributed by atoms with Gasteiger partial charge in [-0.1, -0.05) is 20.1 Å². The van der Waals surface area contributed by atoms with Gasteiger partial charge in [0.25, 0.3) is 0 Å². The molecule has 1 heterocycles. The van der Waals surface area contributed by atoms with Crippen LogP contribution in [0.15, 0.2) is 49.0 Å². The smallest absolute Gasteiger partial charge is 0.169 e. The van der Waals surface area contributed by atoms with Crippen molar-refractivity contribution in [2.24, 2.45) is 5.73 Å². The molecule has 0 saturated carbocycles. The van der Waals surface area contributed by atoms with Gasteiger partial charge in [0.1, 0.15) is 5.82 Å². The normalized spacial score (nSPS) is 11.2. The van der Waals surface area contributed by atoms with E-state index in [1.807, 2.05) is 6.92 Å². The Morgan fingerprint density at radius 3 is 2.68 bits per heavy atom. The first-order valence-electron chi connectivity index (χ1n) is 5.83. The van der Waals surface area contributed by atoms with Crippen molar-refractivity contribution in [3.63, 3.8) is 0 Å². The molecule has 0 unspecified atom stereocenters. The van der Waals surface area contributed by atoms with E-state index in [0.29, 0.717) is 18.7 Å². The van der Waals surface area contributed by atoms with Gasteiger partial charge in [0.15, 0.2) is 11.6 Å². The van der Waals surface area contributed by atoms with E-state index < -0.39 is 11.6 Å². The second-order valence-electron chi connectivity index (χ2n) is 3.92. The summed E-state index contributed by atoms with van der Waals surface area (Å²) >= 11 is 0. The summed E-state index contributed by atoms with van der Waals surface area (Å²) < 4.78 is 26.7. The summed E-state index contributed by atoms with van der Waals surface area (Å²) in [5, 5.41) is 0. The van der Waals surface area contributed by atoms with Crippen LogP contribution in [0.1, 0.15) is 13.3 Å². The first-order valence-corrected chi connectivity index (χ1v) is 5.83. The summed E-state index contributed by atoms with van der Waals surface area (Å²) in [4.78, 5) is 5.27. The zero-order valence-corrected chi connectivity index (χ0v) is 10.9. The van der Waals surface area contributed by atoms with Crippen molar-refractivity contribution >= 4 is 5.82 Å². The van der Waals surface area contributed by atoms with Gasteiger partial charge < -0.3 is 10.6 Å². The molecule has 19 heavy (non-hydrogen) atoms. The molecule has 0 fully saturated rings. The number of hydrogen-bond acceptors (Lipinski definition) is 3. The Morgan fingerprint density at radius 2 is 2.21 bits per heavy atom. The van der Waals surface area contributed by atoms with E-state index in [1.54, 1.807) is 0 Å². The number of rotatable bonds is 6. The van der Waals surface area contributed by atoms with Crippen LogP contribution in [0.5, 0.6) is 0 Å². The maximum Gasteiger partial charge on any atom is 0.169 e. The number of nitrogens with zero attached hydrogens (tertiary/aromatic N) is 2. The third-order valence-corrected chi connectivity index (χ3v) is 2.68. The second-order valence-corrected chi connectivity index (χ2v) is 3.92. The number of nitrogens with two attached hydrogens (primary N) is 1. The lowest BCUT2D eigenvalue weighted by Gasteiger charge is -2.25. The van der Waals surface area contributed by atoms with Crippen LogP contribution in [-0.4, -0.2) is 11.5 Å². The van der Waals surface area contributed by atoms with Crippen molar-refractivity contribution in [2.45, 2.75) is 13.3 Å². The Balaban J connectivity index is 3.16.